The van der Waals surface area contributed by atoms with Crippen molar-refractivity contribution in [3.63, 3.8) is 0 Å². The molecular weight excluding hydrogens is 378 g/mol. The summed E-state index contributed by atoms with van der Waals surface area (Å²) in [6.45, 7) is 8.46. The molecule has 4 aromatic heterocycles. The van der Waals surface area contributed by atoms with Crippen LogP contribution in [0.2, 0.25) is 0 Å². The fraction of sp³-hybridized carbons (Fsp3) is 0.333. The quantitative estimate of drug-likeness (QED) is 0.518. The smallest absolute Gasteiger partial charge is 0.237 e. The lowest BCUT2D eigenvalue weighted by Gasteiger charge is -2.39. The molecule has 0 aliphatic carbocycles. The topological polar surface area (TPSA) is 90.4 Å². The summed E-state index contributed by atoms with van der Waals surface area (Å²) in [5, 5.41) is 8.78. The van der Waals surface area contributed by atoms with Crippen LogP contribution in [-0.4, -0.2) is 45.3 Å². The van der Waals surface area contributed by atoms with Gasteiger partial charge < -0.3 is 4.90 Å². The minimum atomic E-state index is 0.0968. The second-order valence-electron chi connectivity index (χ2n) is 7.58. The Morgan fingerprint density at radius 3 is 2.67 bits per heavy atom. The van der Waals surface area contributed by atoms with Crippen LogP contribution >= 0.6 is 0 Å². The second-order valence-corrected chi connectivity index (χ2v) is 7.58. The van der Waals surface area contributed by atoms with E-state index in [0.29, 0.717) is 11.8 Å². The molecule has 1 aliphatic rings. The van der Waals surface area contributed by atoms with Crippen molar-refractivity contribution >= 4 is 5.82 Å². The fourth-order valence-corrected chi connectivity index (χ4v) is 4.12. The number of hydrogen-bond donors (Lipinski definition) is 0. The maximum absolute atomic E-state index is 5.00. The molecule has 0 aromatic carbocycles. The molecule has 0 amide bonds. The Kier molecular flexibility index (Phi) is 4.30. The first-order chi connectivity index (χ1) is 14.6. The largest absolute Gasteiger partial charge is 0.342 e. The summed E-state index contributed by atoms with van der Waals surface area (Å²) in [5.74, 6) is 3.90. The number of nitrogens with zero attached hydrogens (tertiary/aromatic N) is 9. The van der Waals surface area contributed by atoms with Gasteiger partial charge in [0.1, 0.15) is 17.2 Å². The van der Waals surface area contributed by atoms with Gasteiger partial charge in [0, 0.05) is 24.6 Å². The van der Waals surface area contributed by atoms with Crippen LogP contribution in [-0.2, 0) is 0 Å². The lowest BCUT2D eigenvalue weighted by molar-refractivity contribution is 0.496. The van der Waals surface area contributed by atoms with E-state index < -0.39 is 0 Å². The Balaban J connectivity index is 1.70. The number of hydrogen-bond acceptors (Lipinski definition) is 7. The Morgan fingerprint density at radius 1 is 1.07 bits per heavy atom. The molecule has 1 unspecified atom stereocenters. The van der Waals surface area contributed by atoms with Gasteiger partial charge in [-0.25, -0.2) is 9.97 Å². The number of rotatable bonds is 4. The number of pyridine rings is 1. The van der Waals surface area contributed by atoms with Gasteiger partial charge in [-0.2, -0.15) is 4.98 Å². The highest BCUT2D eigenvalue weighted by atomic mass is 15.4. The number of fused-ring (bicyclic) bond motifs is 3. The number of anilines is 1. The lowest BCUT2D eigenvalue weighted by atomic mass is 10.1. The molecule has 9 nitrogen and oxygen atoms in total. The van der Waals surface area contributed by atoms with Crippen LogP contribution < -0.4 is 4.90 Å². The third kappa shape index (κ3) is 2.69. The number of aromatic nitrogens is 8. The maximum atomic E-state index is 5.00. The minimum absolute atomic E-state index is 0.0968. The zero-order valence-corrected chi connectivity index (χ0v) is 17.4. The van der Waals surface area contributed by atoms with Gasteiger partial charge in [-0.05, 0) is 39.3 Å². The summed E-state index contributed by atoms with van der Waals surface area (Å²) in [4.78, 5) is 20.9. The van der Waals surface area contributed by atoms with Crippen molar-refractivity contribution in [3.05, 3.63) is 54.6 Å². The highest BCUT2D eigenvalue weighted by Gasteiger charge is 2.36. The average molecular weight is 401 g/mol. The molecular formula is C21H23N9. The molecule has 1 aliphatic heterocycles. The van der Waals surface area contributed by atoms with Crippen LogP contribution in [0.1, 0.15) is 44.9 Å². The van der Waals surface area contributed by atoms with E-state index in [-0.39, 0.29) is 12.1 Å². The van der Waals surface area contributed by atoms with Crippen molar-refractivity contribution in [3.8, 4) is 23.2 Å². The first-order valence-corrected chi connectivity index (χ1v) is 10.1. The first kappa shape index (κ1) is 18.4. The number of imidazole rings is 1. The van der Waals surface area contributed by atoms with Gasteiger partial charge >= 0.3 is 0 Å². The van der Waals surface area contributed by atoms with Crippen LogP contribution in [0.3, 0.4) is 0 Å². The van der Waals surface area contributed by atoms with Crippen LogP contribution in [0, 0.1) is 6.92 Å². The summed E-state index contributed by atoms with van der Waals surface area (Å²) in [5.41, 5.74) is 1.67. The molecule has 0 bridgehead atoms. The molecule has 152 valence electrons. The molecule has 5 rings (SSSR count). The van der Waals surface area contributed by atoms with Crippen molar-refractivity contribution in [2.24, 2.45) is 0 Å². The highest BCUT2D eigenvalue weighted by molar-refractivity contribution is 5.63. The molecule has 0 spiro atoms. The zero-order chi connectivity index (χ0) is 20.8. The van der Waals surface area contributed by atoms with Crippen LogP contribution in [0.4, 0.5) is 5.82 Å². The third-order valence-electron chi connectivity index (χ3n) is 5.40. The summed E-state index contributed by atoms with van der Waals surface area (Å²) in [6, 6.07) is 6.09. The standard InChI is InChI=1S/C21H23N9/c1-5-16-20-27-26-14(4)30(20)17-12-24-21(25-19(17)29(16)13(2)3)28-11-10-23-18(28)15-8-6-7-9-22-15/h6-13,16H,5H2,1-4H3. The van der Waals surface area contributed by atoms with Crippen LogP contribution in [0.25, 0.3) is 23.2 Å². The van der Waals surface area contributed by atoms with E-state index in [9.17, 15) is 0 Å². The second kappa shape index (κ2) is 7.01. The molecule has 0 saturated heterocycles. The third-order valence-corrected chi connectivity index (χ3v) is 5.40. The highest BCUT2D eigenvalue weighted by Crippen LogP contribution is 2.40. The molecule has 1 atom stereocenters. The van der Waals surface area contributed by atoms with Gasteiger partial charge in [0.25, 0.3) is 0 Å². The summed E-state index contributed by atoms with van der Waals surface area (Å²) in [6.07, 6.45) is 8.11. The molecule has 4 aromatic rings. The summed E-state index contributed by atoms with van der Waals surface area (Å²) < 4.78 is 3.94. The predicted molar refractivity (Wildman–Crippen MR) is 113 cm³/mol. The van der Waals surface area contributed by atoms with E-state index in [4.69, 9.17) is 4.98 Å². The van der Waals surface area contributed by atoms with Crippen molar-refractivity contribution in [2.45, 2.75) is 46.2 Å². The SMILES string of the molecule is CCC1c2nnc(C)n2-c2cnc(-n3ccnc3-c3ccccn3)nc2N1C(C)C. The van der Waals surface area contributed by atoms with E-state index in [0.717, 1.165) is 35.3 Å². The normalized spacial score (nSPS) is 15.4. The van der Waals surface area contributed by atoms with Crippen LogP contribution in [0.5, 0.6) is 0 Å². The van der Waals surface area contributed by atoms with Gasteiger partial charge in [0.2, 0.25) is 5.95 Å². The minimum Gasteiger partial charge on any atom is -0.342 e. The van der Waals surface area contributed by atoms with E-state index >= 15 is 0 Å². The number of aryl methyl sites for hydroxylation is 1. The Bertz CT molecular complexity index is 1190. The predicted octanol–water partition coefficient (Wildman–Crippen LogP) is 3.29. The monoisotopic (exact) mass is 401 g/mol. The summed E-state index contributed by atoms with van der Waals surface area (Å²) >= 11 is 0. The molecule has 0 saturated carbocycles. The van der Waals surface area contributed by atoms with E-state index in [2.05, 4.69) is 55.4 Å². The summed E-state index contributed by atoms with van der Waals surface area (Å²) in [7, 11) is 0. The van der Waals surface area contributed by atoms with Crippen molar-refractivity contribution in [2.75, 3.05) is 4.90 Å². The van der Waals surface area contributed by atoms with Crippen molar-refractivity contribution in [1.29, 1.82) is 0 Å². The molecule has 0 radical (unpaired) electrons. The Hall–Kier alpha value is -3.62. The molecule has 9 heteroatoms. The van der Waals surface area contributed by atoms with Crippen molar-refractivity contribution < 1.29 is 0 Å². The molecule has 30 heavy (non-hydrogen) atoms. The van der Waals surface area contributed by atoms with E-state index in [1.165, 1.54) is 0 Å². The zero-order valence-electron chi connectivity index (χ0n) is 17.4. The first-order valence-electron chi connectivity index (χ1n) is 10.1. The van der Waals surface area contributed by atoms with Gasteiger partial charge in [-0.1, -0.05) is 13.0 Å². The molecule has 5 heterocycles. The van der Waals surface area contributed by atoms with Crippen LogP contribution in [0.15, 0.2) is 43.0 Å². The fourth-order valence-electron chi connectivity index (χ4n) is 4.12. The maximum Gasteiger partial charge on any atom is 0.237 e. The molecule has 0 N–H and O–H groups in total. The van der Waals surface area contributed by atoms with Gasteiger partial charge in [0.05, 0.1) is 12.2 Å². The van der Waals surface area contributed by atoms with Gasteiger partial charge in [0.15, 0.2) is 17.5 Å². The van der Waals surface area contributed by atoms with Gasteiger partial charge in [-0.15, -0.1) is 10.2 Å². The van der Waals surface area contributed by atoms with E-state index in [1.54, 1.807) is 12.4 Å². The molecule has 0 fully saturated rings. The van der Waals surface area contributed by atoms with Crippen molar-refractivity contribution in [1.82, 2.24) is 39.3 Å². The van der Waals surface area contributed by atoms with Gasteiger partial charge in [-0.3, -0.25) is 14.1 Å². The average Bonchev–Trinajstić information content (AvgIpc) is 3.40. The Morgan fingerprint density at radius 2 is 1.93 bits per heavy atom. The van der Waals surface area contributed by atoms with E-state index in [1.807, 2.05) is 42.1 Å². The Labute approximate surface area is 174 Å². The lowest BCUT2D eigenvalue weighted by Crippen LogP contribution is -2.40.